The molecule has 145 heavy (non-hydrogen) atoms. The number of carbonyl (C=O) groups is 10. The van der Waals surface area contributed by atoms with Gasteiger partial charge in [0.05, 0.1) is 52.4 Å². The lowest BCUT2D eigenvalue weighted by Gasteiger charge is -2.06. The molecule has 0 aliphatic heterocycles. The summed E-state index contributed by atoms with van der Waals surface area (Å²) in [5.74, 6) is 1.94. The molecule has 30 nitrogen and oxygen atoms in total. The summed E-state index contributed by atoms with van der Waals surface area (Å²) >= 11 is 0. The third-order valence-corrected chi connectivity index (χ3v) is 24.3. The van der Waals surface area contributed by atoms with Gasteiger partial charge in [-0.25, -0.2) is 49.5 Å². The van der Waals surface area contributed by atoms with Gasteiger partial charge < -0.3 is 0 Å². The number of aromatic nitrogens is 20. The number of pyridine rings is 5. The second-order valence-corrected chi connectivity index (χ2v) is 33.9. The predicted molar refractivity (Wildman–Crippen MR) is 554 cm³/mol. The minimum Gasteiger partial charge on any atom is -0.294 e. The van der Waals surface area contributed by atoms with Gasteiger partial charge in [0.15, 0.2) is 57.7 Å². The zero-order valence-corrected chi connectivity index (χ0v) is 80.4. The number of hydrogen-bond donors (Lipinski definition) is 0. The number of benzene rings is 7. The van der Waals surface area contributed by atoms with Crippen molar-refractivity contribution in [3.8, 4) is 56.4 Å². The number of carbonyl (C=O) groups excluding carboxylic acids is 10. The summed E-state index contributed by atoms with van der Waals surface area (Å²) in [7, 11) is 0. The molecule has 20 aromatic rings. The Kier molecular flexibility index (Phi) is 33.0. The topological polar surface area (TPSA) is 389 Å². The monoisotopic (exact) mass is 1920 g/mol. The van der Waals surface area contributed by atoms with Gasteiger partial charge in [-0.3, -0.25) is 91.1 Å². The molecule has 20 rings (SSSR count). The van der Waals surface area contributed by atoms with E-state index in [1.165, 1.54) is 26.5 Å². The van der Waals surface area contributed by atoms with Crippen molar-refractivity contribution in [3.05, 3.63) is 392 Å². The fourth-order valence-electron chi connectivity index (χ4n) is 16.1. The van der Waals surface area contributed by atoms with Crippen LogP contribution in [-0.4, -0.2) is 156 Å². The molecule has 720 valence electrons. The number of aryl methyl sites for hydroxylation is 5. The lowest BCUT2D eigenvalue weighted by Crippen LogP contribution is -2.09. The molecular weight excluding hydrogens is 1820 g/mol. The van der Waals surface area contributed by atoms with Gasteiger partial charge in [-0.1, -0.05) is 198 Å². The van der Waals surface area contributed by atoms with E-state index in [2.05, 4.69) is 74.9 Å². The van der Waals surface area contributed by atoms with Crippen molar-refractivity contribution in [3.63, 3.8) is 0 Å². The van der Waals surface area contributed by atoms with Gasteiger partial charge in [0, 0.05) is 182 Å². The second-order valence-electron chi connectivity index (χ2n) is 33.9. The maximum absolute atomic E-state index is 12.5. The largest absolute Gasteiger partial charge is 0.294 e. The van der Waals surface area contributed by atoms with Crippen LogP contribution in [0.15, 0.2) is 336 Å². The van der Waals surface area contributed by atoms with Crippen LogP contribution in [0.5, 0.6) is 0 Å². The van der Waals surface area contributed by atoms with Gasteiger partial charge in [0.25, 0.3) is 0 Å². The van der Waals surface area contributed by atoms with Crippen LogP contribution in [-0.2, 0) is 32.1 Å². The van der Waals surface area contributed by atoms with E-state index in [0.717, 1.165) is 88.7 Å². The Morgan fingerprint density at radius 2 is 0.552 bits per heavy atom. The van der Waals surface area contributed by atoms with Crippen LogP contribution in [0.25, 0.3) is 112 Å². The van der Waals surface area contributed by atoms with Crippen LogP contribution >= 0.6 is 0 Å². The van der Waals surface area contributed by atoms with E-state index in [1.54, 1.807) is 159 Å². The quantitative estimate of drug-likeness (QED) is 0.0377. The summed E-state index contributed by atoms with van der Waals surface area (Å²) < 4.78 is 7.53. The molecule has 0 bridgehead atoms. The minimum atomic E-state index is -0.0574. The Morgan fingerprint density at radius 1 is 0.248 bits per heavy atom. The van der Waals surface area contributed by atoms with Crippen LogP contribution in [0.2, 0.25) is 0 Å². The van der Waals surface area contributed by atoms with Gasteiger partial charge in [-0.15, -0.1) is 0 Å². The fourth-order valence-corrected chi connectivity index (χ4v) is 16.1. The predicted octanol–water partition coefficient (Wildman–Crippen LogP) is 21.8. The Bertz CT molecular complexity index is 6920. The molecule has 0 fully saturated rings. The highest BCUT2D eigenvalue weighted by Crippen LogP contribution is 2.31. The van der Waals surface area contributed by atoms with Gasteiger partial charge >= 0.3 is 0 Å². The number of fused-ring (bicyclic) bond motifs is 5. The molecule has 0 atom stereocenters. The molecule has 0 saturated heterocycles. The molecule has 7 aromatic carbocycles. The smallest absolute Gasteiger partial charge is 0.247 e. The van der Waals surface area contributed by atoms with Crippen molar-refractivity contribution in [1.29, 1.82) is 0 Å². The SMILES string of the molecule is CCC(=O)n1ccc2nc(-c3ccc(C(=O)CCc4cccnc4)cc3)ncc21.CCC(=O)n1cnc2cc(-c3ccc(C(=O)CCc4cccnc4)cc3)ccc21.CCC(=O)n1cnc2nc(-c3ccc(C(=O)CCc4cccnc4)cc3)ncc21.CCC(=O)n1cnc2nc(-c3ccc(C(=O)CCc4cccnc4)cc3)ncc21.CCC(=O)n1ncc2cc(-c3ccc(C(=O)CCc4cccnc4)cc3)ccc21. The zero-order chi connectivity index (χ0) is 101. The normalized spacial score (nSPS) is 10.9. The number of imidazole rings is 3. The van der Waals surface area contributed by atoms with E-state index < -0.39 is 0 Å². The summed E-state index contributed by atoms with van der Waals surface area (Å²) in [5, 5.41) is 5.12. The van der Waals surface area contributed by atoms with E-state index in [4.69, 9.17) is 0 Å². The molecule has 13 aromatic heterocycles. The first-order valence-corrected chi connectivity index (χ1v) is 47.8. The average molecular weight is 1920 g/mol. The molecular formula is C115H100N20O10. The molecule has 0 N–H and O–H groups in total. The highest BCUT2D eigenvalue weighted by atomic mass is 16.2. The highest BCUT2D eigenvalue weighted by Gasteiger charge is 2.21. The summed E-state index contributed by atoms with van der Waals surface area (Å²) in [6.07, 6.45) is 38.0. The molecule has 0 aliphatic carbocycles. The number of Topliss-reactive ketones (excluding diaryl/α,β-unsaturated/α-hetero) is 5. The van der Waals surface area contributed by atoms with Crippen molar-refractivity contribution in [2.24, 2.45) is 0 Å². The van der Waals surface area contributed by atoms with E-state index >= 15 is 0 Å². The first-order valence-electron chi connectivity index (χ1n) is 47.8. The second kappa shape index (κ2) is 48.0. The molecule has 30 heteroatoms. The van der Waals surface area contributed by atoms with Crippen molar-refractivity contribution in [1.82, 2.24) is 97.8 Å². The van der Waals surface area contributed by atoms with Crippen molar-refractivity contribution in [2.45, 2.75) is 131 Å². The van der Waals surface area contributed by atoms with Crippen LogP contribution in [0.3, 0.4) is 0 Å². The van der Waals surface area contributed by atoms with E-state index in [1.807, 2.05) is 209 Å². The molecule has 0 unspecified atom stereocenters. The van der Waals surface area contributed by atoms with E-state index in [-0.39, 0.29) is 58.5 Å². The van der Waals surface area contributed by atoms with Crippen LogP contribution in [0.4, 0.5) is 0 Å². The van der Waals surface area contributed by atoms with Crippen molar-refractivity contribution in [2.75, 3.05) is 0 Å². The Balaban J connectivity index is 0.000000130. The zero-order valence-electron chi connectivity index (χ0n) is 80.4. The molecule has 0 aliphatic rings. The van der Waals surface area contributed by atoms with Crippen molar-refractivity contribution >= 4 is 114 Å². The van der Waals surface area contributed by atoms with Crippen LogP contribution < -0.4 is 0 Å². The standard InChI is InChI=1S/2C24H21N3O2.C23H20N4O2.2C22H19N5O2/c1-2-24(29)27-16-26-21-14-20(10-11-22(21)27)18-6-8-19(9-7-18)23(28)12-5-17-4-3-13-25-15-17;1-2-24(29)27-22-11-10-20(14-21(22)16-26-27)18-6-8-19(9-7-18)23(28)12-5-17-4-3-13-25-15-17;1-2-22(29)27-13-11-19-20(27)15-25-23(26-19)18-8-6-17(7-9-18)21(28)10-5-16-4-3-12-24-14-16;2*1-2-20(29)27-14-25-22-18(27)13-24-21(26-22)17-8-6-16(7-9-17)19(28)10-5-15-4-3-11-23-12-15/h2*3-4,6-11,13-16H,2,5,12H2,1H3;3-4,6-9,11-15H,2,5,10H2,1H3;2*3-4,6-9,11-14H,2,5,10H2,1H3. The van der Waals surface area contributed by atoms with Crippen LogP contribution in [0, 0.1) is 0 Å². The molecule has 0 radical (unpaired) electrons. The molecule has 0 saturated carbocycles. The van der Waals surface area contributed by atoms with Gasteiger partial charge in [0.1, 0.15) is 30.0 Å². The Labute approximate surface area is 834 Å². The average Bonchev–Trinajstić information content (AvgIpc) is 1.69. The van der Waals surface area contributed by atoms with Gasteiger partial charge in [0.2, 0.25) is 29.5 Å². The summed E-state index contributed by atoms with van der Waals surface area (Å²) in [5.41, 5.74) is 21.0. The third kappa shape index (κ3) is 25.1. The number of rotatable bonds is 30. The Morgan fingerprint density at radius 3 is 0.897 bits per heavy atom. The highest BCUT2D eigenvalue weighted by molar-refractivity contribution is 6.02. The molecule has 0 amide bonds. The van der Waals surface area contributed by atoms with Crippen molar-refractivity contribution < 1.29 is 47.9 Å². The number of nitrogens with zero attached hydrogens (tertiary/aromatic N) is 20. The summed E-state index contributed by atoms with van der Waals surface area (Å²) in [6.45, 7) is 9.07. The van der Waals surface area contributed by atoms with E-state index in [9.17, 15) is 47.9 Å². The van der Waals surface area contributed by atoms with Gasteiger partial charge in [-0.05, 0) is 143 Å². The maximum Gasteiger partial charge on any atom is 0.247 e. The van der Waals surface area contributed by atoms with Crippen LogP contribution in [0.1, 0.15) is 202 Å². The van der Waals surface area contributed by atoms with Gasteiger partial charge in [-0.2, -0.15) is 5.10 Å². The first kappa shape index (κ1) is 99.7. The first-order chi connectivity index (χ1) is 70.8. The maximum atomic E-state index is 12.5. The fraction of sp³-hybridized carbons (Fsp3) is 0.174. The number of hydrogen-bond acceptors (Lipinski definition) is 25. The number of ketones is 5. The summed E-state index contributed by atoms with van der Waals surface area (Å²) in [4.78, 5) is 182. The minimum absolute atomic E-state index is 0.00509. The Hall–Kier alpha value is -18.4. The van der Waals surface area contributed by atoms with E-state index in [0.29, 0.717) is 175 Å². The molecule has 13 heterocycles. The third-order valence-electron chi connectivity index (χ3n) is 24.3. The lowest BCUT2D eigenvalue weighted by molar-refractivity contribution is 0.0892. The molecule has 0 spiro atoms. The lowest BCUT2D eigenvalue weighted by atomic mass is 9.99. The summed E-state index contributed by atoms with van der Waals surface area (Å²) in [6, 6.07) is 69.9.